The molecule has 6 aromatic rings. The third-order valence-electron chi connectivity index (χ3n) is 5.59. The van der Waals surface area contributed by atoms with E-state index >= 15 is 0 Å². The van der Waals surface area contributed by atoms with Gasteiger partial charge in [-0.2, -0.15) is 0 Å². The summed E-state index contributed by atoms with van der Waals surface area (Å²) in [5.74, 6) is 0. The van der Waals surface area contributed by atoms with Gasteiger partial charge >= 0.3 is 0 Å². The highest BCUT2D eigenvalue weighted by Crippen LogP contribution is 2.41. The molecule has 128 valence electrons. The van der Waals surface area contributed by atoms with E-state index < -0.39 is 0 Å². The van der Waals surface area contributed by atoms with Crippen LogP contribution in [0.2, 0.25) is 0 Å². The van der Waals surface area contributed by atoms with Gasteiger partial charge in [0.05, 0.1) is 0 Å². The average Bonchev–Trinajstić information content (AvgIpc) is 3.14. The molecule has 0 saturated heterocycles. The van der Waals surface area contributed by atoms with E-state index in [2.05, 4.69) is 78.9 Å². The second-order valence-electron chi connectivity index (χ2n) is 7.23. The van der Waals surface area contributed by atoms with Crippen LogP contribution in [0.5, 0.6) is 0 Å². The molecule has 0 spiro atoms. The summed E-state index contributed by atoms with van der Waals surface area (Å²) >= 11 is 0. The first-order valence-electron chi connectivity index (χ1n) is 9.41. The lowest BCUT2D eigenvalue weighted by Crippen LogP contribution is -1.99. The maximum atomic E-state index is 6.36. The largest absolute Gasteiger partial charge is 0.455 e. The van der Waals surface area contributed by atoms with Crippen LogP contribution >= 0.6 is 0 Å². The van der Waals surface area contributed by atoms with Gasteiger partial charge in [-0.25, -0.2) is 0 Å². The maximum Gasteiger partial charge on any atom is 0.143 e. The second-order valence-corrected chi connectivity index (χ2v) is 7.23. The summed E-state index contributed by atoms with van der Waals surface area (Å²) in [5, 5.41) is 7.19. The van der Waals surface area contributed by atoms with Crippen molar-refractivity contribution in [2.75, 3.05) is 0 Å². The molecule has 6 rings (SSSR count). The zero-order valence-electron chi connectivity index (χ0n) is 15.1. The number of hydrogen-bond donors (Lipinski definition) is 0. The van der Waals surface area contributed by atoms with Gasteiger partial charge in [0.25, 0.3) is 0 Å². The van der Waals surface area contributed by atoms with Crippen molar-refractivity contribution in [1.82, 2.24) is 0 Å². The summed E-state index contributed by atoms with van der Waals surface area (Å²) in [4.78, 5) is 0. The average molecular weight is 354 g/mol. The van der Waals surface area contributed by atoms with Crippen LogP contribution in [0.4, 0.5) is 0 Å². The molecule has 1 aromatic heterocycles. The van der Waals surface area contributed by atoms with E-state index in [0.717, 1.165) is 38.5 Å². The third-order valence-corrected chi connectivity index (χ3v) is 5.59. The molecule has 2 heteroatoms. The van der Waals surface area contributed by atoms with Gasteiger partial charge in [-0.3, -0.25) is 0 Å². The molecule has 0 unspecified atom stereocenters. The predicted octanol–water partition coefficient (Wildman–Crippen LogP) is 6.35. The van der Waals surface area contributed by atoms with Gasteiger partial charge in [0.15, 0.2) is 0 Å². The molecule has 0 amide bonds. The summed E-state index contributed by atoms with van der Waals surface area (Å²) < 4.78 is 6.36. The van der Waals surface area contributed by atoms with Crippen LogP contribution < -0.4 is 5.46 Å². The normalized spacial score (nSPS) is 11.7. The Morgan fingerprint density at radius 2 is 1.14 bits per heavy atom. The topological polar surface area (TPSA) is 13.1 Å². The number of furan rings is 1. The van der Waals surface area contributed by atoms with E-state index in [1.165, 1.54) is 21.5 Å². The van der Waals surface area contributed by atoms with Crippen LogP contribution in [0.25, 0.3) is 54.6 Å². The van der Waals surface area contributed by atoms with Gasteiger partial charge in [0.2, 0.25) is 0 Å². The Morgan fingerprint density at radius 1 is 0.536 bits per heavy atom. The zero-order chi connectivity index (χ0) is 18.7. The first-order valence-corrected chi connectivity index (χ1v) is 9.41. The van der Waals surface area contributed by atoms with Crippen LogP contribution in [0.3, 0.4) is 0 Å². The molecule has 0 aliphatic rings. The predicted molar refractivity (Wildman–Crippen MR) is 120 cm³/mol. The molecule has 0 saturated carbocycles. The Labute approximate surface area is 163 Å². The van der Waals surface area contributed by atoms with Crippen molar-refractivity contribution in [2.24, 2.45) is 0 Å². The molecule has 0 atom stereocenters. The van der Waals surface area contributed by atoms with E-state index in [0.29, 0.717) is 0 Å². The molecule has 5 aromatic carbocycles. The monoisotopic (exact) mass is 354 g/mol. The van der Waals surface area contributed by atoms with Crippen LogP contribution in [0.1, 0.15) is 0 Å². The van der Waals surface area contributed by atoms with E-state index in [1.807, 2.05) is 12.1 Å². The highest BCUT2D eigenvalue weighted by atomic mass is 16.3. The highest BCUT2D eigenvalue weighted by Gasteiger charge is 2.15. The molecule has 1 heterocycles. The molecule has 0 N–H and O–H groups in total. The van der Waals surface area contributed by atoms with Crippen molar-refractivity contribution in [3.05, 3.63) is 91.0 Å². The molecule has 0 fully saturated rings. The Morgan fingerprint density at radius 3 is 1.89 bits per heavy atom. The van der Waals surface area contributed by atoms with Gasteiger partial charge in [0.1, 0.15) is 19.0 Å². The SMILES string of the molecule is [B]c1ccc(-c2ccc3oc4c5ccccc5c5ccccc5c4c3c2)cc1. The molecule has 2 radical (unpaired) electrons. The van der Waals surface area contributed by atoms with Crippen LogP contribution in [0.15, 0.2) is 95.4 Å². The van der Waals surface area contributed by atoms with Crippen molar-refractivity contribution in [3.63, 3.8) is 0 Å². The van der Waals surface area contributed by atoms with Crippen LogP contribution in [-0.4, -0.2) is 7.85 Å². The van der Waals surface area contributed by atoms with E-state index in [1.54, 1.807) is 0 Å². The second kappa shape index (κ2) is 5.74. The summed E-state index contributed by atoms with van der Waals surface area (Å²) in [7, 11) is 5.85. The first kappa shape index (κ1) is 15.5. The Kier molecular flexibility index (Phi) is 3.18. The van der Waals surface area contributed by atoms with Gasteiger partial charge in [-0.1, -0.05) is 84.3 Å². The van der Waals surface area contributed by atoms with E-state index in [4.69, 9.17) is 12.3 Å². The van der Waals surface area contributed by atoms with Crippen molar-refractivity contribution in [3.8, 4) is 11.1 Å². The number of rotatable bonds is 1. The summed E-state index contributed by atoms with van der Waals surface area (Å²) in [6.07, 6.45) is 0. The zero-order valence-corrected chi connectivity index (χ0v) is 15.1. The van der Waals surface area contributed by atoms with Gasteiger partial charge in [-0.15, -0.1) is 0 Å². The molecule has 0 aliphatic carbocycles. The van der Waals surface area contributed by atoms with Gasteiger partial charge in [-0.05, 0) is 39.4 Å². The minimum absolute atomic E-state index is 0.774. The fourth-order valence-corrected chi connectivity index (χ4v) is 4.26. The van der Waals surface area contributed by atoms with Crippen LogP contribution in [0, 0.1) is 0 Å². The fourth-order valence-electron chi connectivity index (χ4n) is 4.26. The Balaban J connectivity index is 1.78. The summed E-state index contributed by atoms with van der Waals surface area (Å²) in [6.45, 7) is 0. The molecule has 28 heavy (non-hydrogen) atoms. The van der Waals surface area contributed by atoms with Crippen molar-refractivity contribution in [2.45, 2.75) is 0 Å². The Bertz CT molecular complexity index is 1510. The molecule has 0 aliphatic heterocycles. The lowest BCUT2D eigenvalue weighted by Gasteiger charge is -2.06. The highest BCUT2D eigenvalue weighted by molar-refractivity contribution is 6.32. The maximum absolute atomic E-state index is 6.36. The lowest BCUT2D eigenvalue weighted by atomic mass is 9.93. The van der Waals surface area contributed by atoms with Crippen LogP contribution in [-0.2, 0) is 0 Å². The number of fused-ring (bicyclic) bond motifs is 8. The van der Waals surface area contributed by atoms with Crippen molar-refractivity contribution in [1.29, 1.82) is 0 Å². The number of hydrogen-bond acceptors (Lipinski definition) is 1. The Hall–Kier alpha value is -3.52. The van der Waals surface area contributed by atoms with Crippen molar-refractivity contribution < 1.29 is 4.42 Å². The van der Waals surface area contributed by atoms with E-state index in [9.17, 15) is 0 Å². The molecular formula is C26H15BO. The quantitative estimate of drug-likeness (QED) is 0.248. The smallest absolute Gasteiger partial charge is 0.143 e. The summed E-state index contributed by atoms with van der Waals surface area (Å²) in [5.41, 5.74) is 4.95. The minimum Gasteiger partial charge on any atom is -0.455 e. The van der Waals surface area contributed by atoms with Gasteiger partial charge in [0, 0.05) is 16.2 Å². The van der Waals surface area contributed by atoms with Crippen molar-refractivity contribution >= 4 is 56.8 Å². The first-order chi connectivity index (χ1) is 13.8. The minimum atomic E-state index is 0.774. The lowest BCUT2D eigenvalue weighted by molar-refractivity contribution is 0.673. The summed E-state index contributed by atoms with van der Waals surface area (Å²) in [6, 6.07) is 31.5. The standard InChI is InChI=1S/C26H15BO/c27-18-12-9-16(10-13-18)17-11-14-24-23(15-17)25-21-7-3-1-5-19(21)20-6-2-4-8-22(20)26(25)28-24/h1-15H. The van der Waals surface area contributed by atoms with E-state index in [-0.39, 0.29) is 0 Å². The molecule has 0 bridgehead atoms. The molecule has 1 nitrogen and oxygen atoms in total. The number of benzene rings is 5. The third kappa shape index (κ3) is 2.15. The fraction of sp³-hybridized carbons (Fsp3) is 0. The van der Waals surface area contributed by atoms with Gasteiger partial charge < -0.3 is 4.42 Å². The molecular weight excluding hydrogens is 339 g/mol.